The molecule has 6 nitrogen and oxygen atoms in total. The summed E-state index contributed by atoms with van der Waals surface area (Å²) in [5, 5.41) is 20.4. The SMILES string of the molecule is O=C(NC1CCC2CC3CC1(C2)C3)c1cnn(-c2ccccc2)c1NCCCCO. The maximum absolute atomic E-state index is 13.3. The van der Waals surface area contributed by atoms with Crippen LogP contribution in [0.15, 0.2) is 36.5 Å². The molecule has 1 spiro atoms. The monoisotopic (exact) mass is 408 g/mol. The number of aliphatic hydroxyl groups excluding tert-OH is 1. The summed E-state index contributed by atoms with van der Waals surface area (Å²) in [6.07, 6.45) is 10.9. The number of nitrogens with zero attached hydrogens (tertiary/aromatic N) is 2. The Labute approximate surface area is 178 Å². The predicted octanol–water partition coefficient (Wildman–Crippen LogP) is 3.76. The number of aliphatic hydroxyl groups is 1. The first-order chi connectivity index (χ1) is 14.7. The highest BCUT2D eigenvalue weighted by Gasteiger charge is 2.57. The third kappa shape index (κ3) is 3.51. The van der Waals surface area contributed by atoms with E-state index in [2.05, 4.69) is 15.7 Å². The van der Waals surface area contributed by atoms with Crippen LogP contribution in [0.1, 0.15) is 61.7 Å². The molecule has 30 heavy (non-hydrogen) atoms. The second-order valence-corrected chi connectivity index (χ2v) is 9.56. The summed E-state index contributed by atoms with van der Waals surface area (Å²) in [6, 6.07) is 10.2. The molecule has 4 aliphatic rings. The molecule has 0 radical (unpaired) electrons. The molecule has 160 valence electrons. The first kappa shape index (κ1) is 19.6. The quantitative estimate of drug-likeness (QED) is 0.581. The van der Waals surface area contributed by atoms with Gasteiger partial charge in [-0.1, -0.05) is 18.2 Å². The van der Waals surface area contributed by atoms with E-state index >= 15 is 0 Å². The van der Waals surface area contributed by atoms with Gasteiger partial charge in [-0.05, 0) is 80.8 Å². The highest BCUT2D eigenvalue weighted by molar-refractivity contribution is 5.99. The number of benzene rings is 1. The molecule has 3 bridgehead atoms. The van der Waals surface area contributed by atoms with Crippen LogP contribution in [-0.2, 0) is 0 Å². The zero-order chi connectivity index (χ0) is 20.6. The second kappa shape index (κ2) is 8.06. The van der Waals surface area contributed by atoms with Gasteiger partial charge in [0, 0.05) is 19.2 Å². The fourth-order valence-electron chi connectivity index (χ4n) is 6.26. The molecule has 2 atom stereocenters. The second-order valence-electron chi connectivity index (χ2n) is 9.56. The Balaban J connectivity index is 1.36. The number of para-hydroxylation sites is 1. The molecule has 0 aliphatic heterocycles. The van der Waals surface area contributed by atoms with Crippen LogP contribution in [0.3, 0.4) is 0 Å². The molecule has 6 heteroatoms. The average Bonchev–Trinajstić information content (AvgIpc) is 3.17. The van der Waals surface area contributed by atoms with Crippen molar-refractivity contribution >= 4 is 11.7 Å². The summed E-state index contributed by atoms with van der Waals surface area (Å²) in [5.74, 6) is 2.50. The first-order valence-corrected chi connectivity index (χ1v) is 11.5. The van der Waals surface area contributed by atoms with E-state index in [4.69, 9.17) is 5.11 Å². The number of hydrogen-bond donors (Lipinski definition) is 3. The van der Waals surface area contributed by atoms with Crippen LogP contribution in [-0.4, -0.2) is 40.0 Å². The highest BCUT2D eigenvalue weighted by Crippen LogP contribution is 2.63. The molecule has 0 saturated heterocycles. The van der Waals surface area contributed by atoms with Crippen molar-refractivity contribution in [3.8, 4) is 5.69 Å². The Morgan fingerprint density at radius 2 is 1.93 bits per heavy atom. The van der Waals surface area contributed by atoms with Crippen LogP contribution in [0, 0.1) is 17.3 Å². The Kier molecular flexibility index (Phi) is 5.27. The van der Waals surface area contributed by atoms with E-state index in [1.54, 1.807) is 6.20 Å². The lowest BCUT2D eigenvalue weighted by Gasteiger charge is -2.62. The summed E-state index contributed by atoms with van der Waals surface area (Å²) >= 11 is 0. The van der Waals surface area contributed by atoms with E-state index in [0.29, 0.717) is 23.6 Å². The lowest BCUT2D eigenvalue weighted by molar-refractivity contribution is -0.0940. The van der Waals surface area contributed by atoms with Gasteiger partial charge in [-0.25, -0.2) is 4.68 Å². The first-order valence-electron chi connectivity index (χ1n) is 11.5. The van der Waals surface area contributed by atoms with E-state index in [1.165, 1.54) is 32.1 Å². The average molecular weight is 409 g/mol. The number of carbonyl (C=O) groups excluding carboxylic acids is 1. The molecule has 3 N–H and O–H groups in total. The normalized spacial score (nSPS) is 29.2. The van der Waals surface area contributed by atoms with Gasteiger partial charge in [-0.15, -0.1) is 0 Å². The summed E-state index contributed by atoms with van der Waals surface area (Å²) in [6.45, 7) is 0.870. The van der Waals surface area contributed by atoms with Crippen LogP contribution in [0.25, 0.3) is 5.69 Å². The van der Waals surface area contributed by atoms with E-state index in [0.717, 1.165) is 42.6 Å². The minimum atomic E-state index is -0.0197. The smallest absolute Gasteiger partial charge is 0.256 e. The third-order valence-electron chi connectivity index (χ3n) is 7.55. The number of anilines is 1. The minimum absolute atomic E-state index is 0.0197. The Morgan fingerprint density at radius 1 is 1.13 bits per heavy atom. The number of amides is 1. The fraction of sp³-hybridized carbons (Fsp3) is 0.583. The third-order valence-corrected chi connectivity index (χ3v) is 7.55. The van der Waals surface area contributed by atoms with Crippen molar-refractivity contribution in [3.63, 3.8) is 0 Å². The molecule has 6 rings (SSSR count). The summed E-state index contributed by atoms with van der Waals surface area (Å²) in [7, 11) is 0. The summed E-state index contributed by atoms with van der Waals surface area (Å²) in [5.41, 5.74) is 1.88. The summed E-state index contributed by atoms with van der Waals surface area (Å²) < 4.78 is 1.81. The molecule has 1 aromatic carbocycles. The van der Waals surface area contributed by atoms with Gasteiger partial charge in [0.1, 0.15) is 11.4 Å². The molecule has 4 saturated carbocycles. The lowest BCUT2D eigenvalue weighted by atomic mass is 9.45. The number of nitrogens with one attached hydrogen (secondary N) is 2. The fourth-order valence-corrected chi connectivity index (χ4v) is 6.26. The van der Waals surface area contributed by atoms with Gasteiger partial charge in [0.2, 0.25) is 0 Å². The number of unbranched alkanes of at least 4 members (excludes halogenated alkanes) is 1. The van der Waals surface area contributed by atoms with Crippen LogP contribution < -0.4 is 10.6 Å². The lowest BCUT2D eigenvalue weighted by Crippen LogP contribution is -2.60. The van der Waals surface area contributed by atoms with Crippen molar-refractivity contribution in [1.82, 2.24) is 15.1 Å². The maximum atomic E-state index is 13.3. The number of aromatic nitrogens is 2. The zero-order valence-corrected chi connectivity index (χ0v) is 17.5. The van der Waals surface area contributed by atoms with Crippen LogP contribution in [0.4, 0.5) is 5.82 Å². The van der Waals surface area contributed by atoms with Crippen molar-refractivity contribution in [2.24, 2.45) is 17.3 Å². The van der Waals surface area contributed by atoms with Gasteiger partial charge in [0.05, 0.1) is 11.9 Å². The molecule has 4 aliphatic carbocycles. The van der Waals surface area contributed by atoms with E-state index in [9.17, 15) is 4.79 Å². The molecule has 1 amide bonds. The number of carbonyl (C=O) groups is 1. The van der Waals surface area contributed by atoms with Gasteiger partial charge in [-0.2, -0.15) is 5.10 Å². The topological polar surface area (TPSA) is 79.2 Å². The van der Waals surface area contributed by atoms with E-state index in [1.807, 2.05) is 35.0 Å². The van der Waals surface area contributed by atoms with Gasteiger partial charge in [0.15, 0.2) is 0 Å². The van der Waals surface area contributed by atoms with E-state index < -0.39 is 0 Å². The molecular weight excluding hydrogens is 376 g/mol. The Bertz CT molecular complexity index is 888. The molecule has 4 fully saturated rings. The molecule has 2 aromatic rings. The number of rotatable bonds is 8. The predicted molar refractivity (Wildman–Crippen MR) is 117 cm³/mol. The van der Waals surface area contributed by atoms with Crippen molar-refractivity contribution in [2.75, 3.05) is 18.5 Å². The Hall–Kier alpha value is -2.34. The van der Waals surface area contributed by atoms with E-state index in [-0.39, 0.29) is 12.5 Å². The molecular formula is C24H32N4O2. The van der Waals surface area contributed by atoms with Crippen LogP contribution in [0.2, 0.25) is 0 Å². The largest absolute Gasteiger partial charge is 0.396 e. The zero-order valence-electron chi connectivity index (χ0n) is 17.5. The standard InChI is InChI=1S/C24H32N4O2/c29-11-5-4-10-25-22-20(16-26-28(22)19-6-2-1-3-7-19)23(30)27-21-9-8-17-12-18-14-24(21,13-17)15-18/h1-3,6-7,16-18,21,25,29H,4-5,8-15H2,(H,27,30). The molecule has 2 unspecified atom stereocenters. The molecule has 1 heterocycles. The highest BCUT2D eigenvalue weighted by atomic mass is 16.2. The minimum Gasteiger partial charge on any atom is -0.396 e. The summed E-state index contributed by atoms with van der Waals surface area (Å²) in [4.78, 5) is 13.3. The van der Waals surface area contributed by atoms with Gasteiger partial charge < -0.3 is 15.7 Å². The van der Waals surface area contributed by atoms with Crippen molar-refractivity contribution in [2.45, 2.75) is 57.4 Å². The number of hydrogen-bond acceptors (Lipinski definition) is 4. The van der Waals surface area contributed by atoms with Crippen molar-refractivity contribution in [1.29, 1.82) is 0 Å². The van der Waals surface area contributed by atoms with Crippen molar-refractivity contribution in [3.05, 3.63) is 42.1 Å². The van der Waals surface area contributed by atoms with Crippen molar-refractivity contribution < 1.29 is 9.90 Å². The van der Waals surface area contributed by atoms with Crippen LogP contribution >= 0.6 is 0 Å². The van der Waals surface area contributed by atoms with Crippen LogP contribution in [0.5, 0.6) is 0 Å². The molecule has 1 aromatic heterocycles. The van der Waals surface area contributed by atoms with Gasteiger partial charge in [0.25, 0.3) is 5.91 Å². The Morgan fingerprint density at radius 3 is 2.73 bits per heavy atom. The maximum Gasteiger partial charge on any atom is 0.256 e. The van der Waals surface area contributed by atoms with Gasteiger partial charge >= 0.3 is 0 Å². The van der Waals surface area contributed by atoms with Gasteiger partial charge in [-0.3, -0.25) is 4.79 Å².